The Kier molecular flexibility index (Phi) is 3.99. The van der Waals surface area contributed by atoms with E-state index in [4.69, 9.17) is 34.8 Å². The van der Waals surface area contributed by atoms with Gasteiger partial charge in [-0.25, -0.2) is 4.39 Å². The maximum atomic E-state index is 13.2. The first-order valence-electron chi connectivity index (χ1n) is 4.84. The fourth-order valence-corrected chi connectivity index (χ4v) is 3.64. The molecule has 0 saturated heterocycles. The van der Waals surface area contributed by atoms with Gasteiger partial charge in [-0.05, 0) is 36.2 Å². The van der Waals surface area contributed by atoms with Crippen LogP contribution in [0.5, 0.6) is 0 Å². The molecule has 0 fully saturated rings. The van der Waals surface area contributed by atoms with E-state index in [1.54, 1.807) is 12.1 Å². The summed E-state index contributed by atoms with van der Waals surface area (Å²) >= 11 is 19.5. The lowest BCUT2D eigenvalue weighted by Crippen LogP contribution is -1.96. The van der Waals surface area contributed by atoms with E-state index in [0.717, 1.165) is 11.1 Å². The molecule has 0 aliphatic rings. The van der Waals surface area contributed by atoms with Gasteiger partial charge in [-0.3, -0.25) is 0 Å². The molecule has 1 aromatic carbocycles. The van der Waals surface area contributed by atoms with Crippen LogP contribution in [0.25, 0.3) is 0 Å². The number of hydrogen-bond acceptors (Lipinski definition) is 1. The molecule has 0 aliphatic carbocycles. The zero-order valence-electron chi connectivity index (χ0n) is 8.81. The molecule has 1 unspecified atom stereocenters. The standard InChI is InChI=1S/C12H8Cl3FS/c1-6-2-3-7(16)4-8(6)11(14)9-5-10(13)17-12(9)15/h2-5,11H,1H3. The zero-order valence-corrected chi connectivity index (χ0v) is 11.9. The van der Waals surface area contributed by atoms with Gasteiger partial charge in [0.1, 0.15) is 5.82 Å². The van der Waals surface area contributed by atoms with E-state index in [0.29, 0.717) is 14.2 Å². The Labute approximate surface area is 118 Å². The first-order chi connectivity index (χ1) is 7.99. The maximum absolute atomic E-state index is 13.2. The molecule has 5 heteroatoms. The molecule has 1 atom stereocenters. The summed E-state index contributed by atoms with van der Waals surface area (Å²) in [6, 6.07) is 6.25. The van der Waals surface area contributed by atoms with Gasteiger partial charge >= 0.3 is 0 Å². The van der Waals surface area contributed by atoms with Crippen molar-refractivity contribution in [3.05, 3.63) is 55.4 Å². The van der Waals surface area contributed by atoms with Gasteiger partial charge in [-0.2, -0.15) is 0 Å². The number of hydrogen-bond donors (Lipinski definition) is 0. The van der Waals surface area contributed by atoms with E-state index in [2.05, 4.69) is 0 Å². The molecule has 17 heavy (non-hydrogen) atoms. The molecule has 0 radical (unpaired) electrons. The first kappa shape index (κ1) is 13.2. The van der Waals surface area contributed by atoms with Crippen molar-refractivity contribution < 1.29 is 4.39 Å². The SMILES string of the molecule is Cc1ccc(F)cc1C(Cl)c1cc(Cl)sc1Cl. The van der Waals surface area contributed by atoms with Crippen LogP contribution in [0.15, 0.2) is 24.3 Å². The maximum Gasteiger partial charge on any atom is 0.123 e. The second kappa shape index (κ2) is 5.15. The largest absolute Gasteiger partial charge is 0.207 e. The monoisotopic (exact) mass is 308 g/mol. The van der Waals surface area contributed by atoms with Gasteiger partial charge in [-0.1, -0.05) is 29.3 Å². The Bertz CT molecular complexity index is 551. The topological polar surface area (TPSA) is 0 Å². The smallest absolute Gasteiger partial charge is 0.123 e. The van der Waals surface area contributed by atoms with Gasteiger partial charge in [0.2, 0.25) is 0 Å². The van der Waals surface area contributed by atoms with Gasteiger partial charge in [0, 0.05) is 5.56 Å². The highest BCUT2D eigenvalue weighted by atomic mass is 35.5. The van der Waals surface area contributed by atoms with Crippen LogP contribution in [0.1, 0.15) is 22.1 Å². The van der Waals surface area contributed by atoms with E-state index in [1.807, 2.05) is 6.92 Å². The van der Waals surface area contributed by atoms with Crippen molar-refractivity contribution in [2.75, 3.05) is 0 Å². The predicted molar refractivity (Wildman–Crippen MR) is 73.2 cm³/mol. The van der Waals surface area contributed by atoms with Crippen molar-refractivity contribution in [3.8, 4) is 0 Å². The molecule has 1 heterocycles. The van der Waals surface area contributed by atoms with Crippen LogP contribution < -0.4 is 0 Å². The molecule has 0 spiro atoms. The van der Waals surface area contributed by atoms with Crippen molar-refractivity contribution in [1.82, 2.24) is 0 Å². The number of rotatable bonds is 2. The van der Waals surface area contributed by atoms with Gasteiger partial charge in [0.25, 0.3) is 0 Å². The van der Waals surface area contributed by atoms with Crippen molar-refractivity contribution in [2.45, 2.75) is 12.3 Å². The lowest BCUT2D eigenvalue weighted by atomic mass is 10.0. The van der Waals surface area contributed by atoms with Crippen LogP contribution in [0.3, 0.4) is 0 Å². The molecule has 0 saturated carbocycles. The number of halogens is 4. The summed E-state index contributed by atoms with van der Waals surface area (Å²) in [6.45, 7) is 1.88. The normalized spacial score (nSPS) is 12.8. The Hall–Kier alpha value is -0.280. The molecule has 90 valence electrons. The Morgan fingerprint density at radius 2 is 1.88 bits per heavy atom. The lowest BCUT2D eigenvalue weighted by Gasteiger charge is -2.12. The number of benzene rings is 1. The van der Waals surface area contributed by atoms with E-state index < -0.39 is 5.38 Å². The predicted octanol–water partition coefficient (Wildman–Crippen LogP) is 5.83. The van der Waals surface area contributed by atoms with E-state index in [-0.39, 0.29) is 5.82 Å². The van der Waals surface area contributed by atoms with Crippen LogP contribution in [0.2, 0.25) is 8.67 Å². The van der Waals surface area contributed by atoms with Gasteiger partial charge in [0.15, 0.2) is 0 Å². The second-order valence-corrected chi connectivity index (χ2v) is 6.37. The average Bonchev–Trinajstić information content (AvgIpc) is 2.60. The Balaban J connectivity index is 2.46. The summed E-state index contributed by atoms with van der Waals surface area (Å²) in [4.78, 5) is 0. The molecule has 2 rings (SSSR count). The highest BCUT2D eigenvalue weighted by molar-refractivity contribution is 7.20. The minimum Gasteiger partial charge on any atom is -0.207 e. The highest BCUT2D eigenvalue weighted by Gasteiger charge is 2.19. The van der Waals surface area contributed by atoms with Crippen LogP contribution in [-0.4, -0.2) is 0 Å². The zero-order chi connectivity index (χ0) is 12.6. The highest BCUT2D eigenvalue weighted by Crippen LogP contribution is 2.41. The Morgan fingerprint density at radius 1 is 1.18 bits per heavy atom. The summed E-state index contributed by atoms with van der Waals surface area (Å²) in [6.07, 6.45) is 0. The minimum absolute atomic E-state index is 0.311. The van der Waals surface area contributed by atoms with E-state index in [9.17, 15) is 4.39 Å². The first-order valence-corrected chi connectivity index (χ1v) is 6.85. The molecule has 0 N–H and O–H groups in total. The van der Waals surface area contributed by atoms with Crippen LogP contribution in [0.4, 0.5) is 4.39 Å². The molecule has 0 amide bonds. The van der Waals surface area contributed by atoms with Crippen LogP contribution in [0, 0.1) is 12.7 Å². The quantitative estimate of drug-likeness (QED) is 0.612. The molecule has 0 aliphatic heterocycles. The third kappa shape index (κ3) is 2.76. The summed E-state index contributed by atoms with van der Waals surface area (Å²) in [7, 11) is 0. The van der Waals surface area contributed by atoms with Crippen LogP contribution in [-0.2, 0) is 0 Å². The molecule has 0 nitrogen and oxygen atoms in total. The second-order valence-electron chi connectivity index (χ2n) is 3.64. The van der Waals surface area contributed by atoms with Crippen molar-refractivity contribution in [2.24, 2.45) is 0 Å². The van der Waals surface area contributed by atoms with E-state index in [1.165, 1.54) is 23.5 Å². The molecule has 1 aromatic heterocycles. The molecule has 0 bridgehead atoms. The number of aryl methyl sites for hydroxylation is 1. The summed E-state index contributed by atoms with van der Waals surface area (Å²) in [5.74, 6) is -0.311. The van der Waals surface area contributed by atoms with Gasteiger partial charge in [0.05, 0.1) is 14.0 Å². The molecular weight excluding hydrogens is 302 g/mol. The third-order valence-electron chi connectivity index (χ3n) is 2.47. The number of alkyl halides is 1. The third-order valence-corrected chi connectivity index (χ3v) is 4.46. The van der Waals surface area contributed by atoms with Crippen molar-refractivity contribution >= 4 is 46.1 Å². The minimum atomic E-state index is -0.484. The Morgan fingerprint density at radius 3 is 2.47 bits per heavy atom. The molecular formula is C12H8Cl3FS. The van der Waals surface area contributed by atoms with Gasteiger partial charge < -0.3 is 0 Å². The fourth-order valence-electron chi connectivity index (χ4n) is 1.58. The average molecular weight is 310 g/mol. The van der Waals surface area contributed by atoms with Crippen molar-refractivity contribution in [3.63, 3.8) is 0 Å². The molecule has 2 aromatic rings. The number of thiophene rings is 1. The summed E-state index contributed by atoms with van der Waals surface area (Å²) in [5.41, 5.74) is 2.35. The van der Waals surface area contributed by atoms with E-state index >= 15 is 0 Å². The summed E-state index contributed by atoms with van der Waals surface area (Å²) in [5, 5.41) is -0.484. The van der Waals surface area contributed by atoms with Gasteiger partial charge in [-0.15, -0.1) is 22.9 Å². The summed E-state index contributed by atoms with van der Waals surface area (Å²) < 4.78 is 14.3. The van der Waals surface area contributed by atoms with Crippen molar-refractivity contribution in [1.29, 1.82) is 0 Å². The van der Waals surface area contributed by atoms with Crippen LogP contribution >= 0.6 is 46.1 Å². The lowest BCUT2D eigenvalue weighted by molar-refractivity contribution is 0.625. The fraction of sp³-hybridized carbons (Fsp3) is 0.167.